The van der Waals surface area contributed by atoms with Gasteiger partial charge in [0.15, 0.2) is 11.5 Å². The number of aromatic nitrogens is 5. The lowest BCUT2D eigenvalue weighted by Gasteiger charge is -2.14. The van der Waals surface area contributed by atoms with E-state index in [1.165, 1.54) is 0 Å². The molecular formula is C17H19N7O2. The van der Waals surface area contributed by atoms with Crippen molar-refractivity contribution in [2.75, 3.05) is 20.1 Å². The van der Waals surface area contributed by atoms with Gasteiger partial charge in [-0.25, -0.2) is 4.98 Å². The fourth-order valence-corrected chi connectivity index (χ4v) is 3.48. The highest BCUT2D eigenvalue weighted by atomic mass is 16.2. The van der Waals surface area contributed by atoms with Crippen LogP contribution in [0.25, 0.3) is 10.9 Å². The first-order valence-electron chi connectivity index (χ1n) is 8.41. The van der Waals surface area contributed by atoms with Crippen molar-refractivity contribution in [2.24, 2.45) is 5.92 Å². The number of H-pyrrole nitrogens is 2. The Kier molecular flexibility index (Phi) is 3.90. The Balaban J connectivity index is 1.65. The van der Waals surface area contributed by atoms with E-state index in [0.717, 1.165) is 10.9 Å². The molecule has 1 aliphatic rings. The maximum Gasteiger partial charge on any atom is 0.275 e. The van der Waals surface area contributed by atoms with E-state index in [2.05, 4.69) is 30.7 Å². The third-order valence-corrected chi connectivity index (χ3v) is 4.81. The second-order valence-electron chi connectivity index (χ2n) is 6.43. The molecule has 2 aromatic heterocycles. The van der Waals surface area contributed by atoms with Crippen molar-refractivity contribution in [1.82, 2.24) is 35.6 Å². The van der Waals surface area contributed by atoms with E-state index < -0.39 is 5.92 Å². The lowest BCUT2D eigenvalue weighted by Crippen LogP contribution is -2.34. The number of rotatable bonds is 3. The molecular weight excluding hydrogens is 334 g/mol. The number of aryl methyl sites for hydroxylation is 1. The third kappa shape index (κ3) is 2.61. The van der Waals surface area contributed by atoms with Crippen LogP contribution in [-0.4, -0.2) is 62.2 Å². The minimum absolute atomic E-state index is 0.125. The lowest BCUT2D eigenvalue weighted by molar-refractivity contribution is -0.124. The van der Waals surface area contributed by atoms with Crippen LogP contribution >= 0.6 is 0 Å². The summed E-state index contributed by atoms with van der Waals surface area (Å²) in [6.45, 7) is 2.48. The summed E-state index contributed by atoms with van der Waals surface area (Å²) >= 11 is 0. The molecule has 1 aliphatic heterocycles. The number of nitrogens with one attached hydrogen (secondary N) is 3. The Morgan fingerprint density at radius 3 is 2.73 bits per heavy atom. The number of hydrogen-bond acceptors (Lipinski definition) is 5. The molecule has 26 heavy (non-hydrogen) atoms. The van der Waals surface area contributed by atoms with E-state index >= 15 is 0 Å². The fraction of sp³-hybridized carbons (Fsp3) is 0.353. The van der Waals surface area contributed by atoms with Gasteiger partial charge in [-0.15, -0.1) is 0 Å². The number of hydrogen-bond donors (Lipinski definition) is 3. The monoisotopic (exact) mass is 353 g/mol. The van der Waals surface area contributed by atoms with Gasteiger partial charge in [0.2, 0.25) is 5.91 Å². The zero-order valence-electron chi connectivity index (χ0n) is 14.5. The molecule has 1 fully saturated rings. The highest BCUT2D eigenvalue weighted by Crippen LogP contribution is 2.32. The Labute approximate surface area is 149 Å². The topological polar surface area (TPSA) is 120 Å². The molecule has 3 aromatic rings. The molecule has 3 heterocycles. The fourth-order valence-electron chi connectivity index (χ4n) is 3.48. The smallest absolute Gasteiger partial charge is 0.275 e. The second kappa shape index (κ2) is 6.25. The molecule has 134 valence electrons. The predicted molar refractivity (Wildman–Crippen MR) is 93.4 cm³/mol. The van der Waals surface area contributed by atoms with E-state index in [0.29, 0.717) is 30.4 Å². The van der Waals surface area contributed by atoms with E-state index in [1.54, 1.807) is 18.9 Å². The van der Waals surface area contributed by atoms with Crippen LogP contribution in [0, 0.1) is 12.8 Å². The molecule has 2 amide bonds. The number of aromatic amines is 2. The molecule has 0 aliphatic carbocycles. The van der Waals surface area contributed by atoms with Gasteiger partial charge in [0.25, 0.3) is 5.91 Å². The summed E-state index contributed by atoms with van der Waals surface area (Å²) in [5, 5.41) is 17.5. The minimum Gasteiger partial charge on any atom is -0.359 e. The molecule has 0 bridgehead atoms. The van der Waals surface area contributed by atoms with Gasteiger partial charge in [0.05, 0.1) is 17.4 Å². The average molecular weight is 353 g/mol. The molecule has 0 saturated carbocycles. The van der Waals surface area contributed by atoms with Crippen LogP contribution in [0.4, 0.5) is 0 Å². The van der Waals surface area contributed by atoms with Crippen molar-refractivity contribution in [1.29, 1.82) is 0 Å². The maximum atomic E-state index is 13.0. The summed E-state index contributed by atoms with van der Waals surface area (Å²) in [5.74, 6) is 0.251. The Hall–Kier alpha value is -3.23. The maximum absolute atomic E-state index is 13.0. The molecule has 3 N–H and O–H groups in total. The molecule has 0 unspecified atom stereocenters. The minimum atomic E-state index is -0.399. The van der Waals surface area contributed by atoms with Gasteiger partial charge in [-0.1, -0.05) is 18.2 Å². The normalized spacial score (nSPS) is 19.8. The summed E-state index contributed by atoms with van der Waals surface area (Å²) in [6, 6.07) is 7.48. The summed E-state index contributed by atoms with van der Waals surface area (Å²) < 4.78 is 0. The van der Waals surface area contributed by atoms with Crippen molar-refractivity contribution in [2.45, 2.75) is 12.8 Å². The standard InChI is InChI=1S/C17H19N7O2/c1-9-19-15(23-20-9)11-7-24(8-12(11)16(25)18-2)17(26)14-10-5-3-4-6-13(10)21-22-14/h3-6,11-12H,7-8H2,1-2H3,(H,18,25)(H,21,22)(H,19,20,23)/t11-,12-/m1/s1. The lowest BCUT2D eigenvalue weighted by atomic mass is 9.94. The number of nitrogens with zero attached hydrogens (tertiary/aromatic N) is 4. The third-order valence-electron chi connectivity index (χ3n) is 4.81. The van der Waals surface area contributed by atoms with Gasteiger partial charge in [-0.2, -0.15) is 10.2 Å². The summed E-state index contributed by atoms with van der Waals surface area (Å²) in [4.78, 5) is 31.4. The molecule has 9 nitrogen and oxygen atoms in total. The van der Waals surface area contributed by atoms with Crippen molar-refractivity contribution >= 4 is 22.7 Å². The summed E-state index contributed by atoms with van der Waals surface area (Å²) in [6.07, 6.45) is 0. The molecule has 1 aromatic carbocycles. The number of carbonyl (C=O) groups is 2. The van der Waals surface area contributed by atoms with E-state index in [9.17, 15) is 9.59 Å². The molecule has 9 heteroatoms. The molecule has 1 saturated heterocycles. The zero-order chi connectivity index (χ0) is 18.3. The molecule has 0 radical (unpaired) electrons. The summed E-state index contributed by atoms with van der Waals surface area (Å²) in [5.41, 5.74) is 1.17. The van der Waals surface area contributed by atoms with Crippen molar-refractivity contribution in [3.05, 3.63) is 41.6 Å². The van der Waals surface area contributed by atoms with Gasteiger partial charge >= 0.3 is 0 Å². The average Bonchev–Trinajstić information content (AvgIpc) is 3.37. The van der Waals surface area contributed by atoms with Gasteiger partial charge in [-0.05, 0) is 13.0 Å². The number of benzene rings is 1. The molecule has 0 spiro atoms. The van der Waals surface area contributed by atoms with Crippen molar-refractivity contribution in [3.63, 3.8) is 0 Å². The zero-order valence-corrected chi connectivity index (χ0v) is 14.5. The first-order valence-corrected chi connectivity index (χ1v) is 8.41. The SMILES string of the molecule is CNC(=O)[C@@H]1CN(C(=O)c2n[nH]c3ccccc23)C[C@H]1c1n[nH]c(C)n1. The van der Waals surface area contributed by atoms with E-state index in [4.69, 9.17) is 0 Å². The van der Waals surface area contributed by atoms with Crippen LogP contribution in [0.2, 0.25) is 0 Å². The second-order valence-corrected chi connectivity index (χ2v) is 6.43. The first kappa shape index (κ1) is 16.2. The van der Waals surface area contributed by atoms with Crippen LogP contribution in [-0.2, 0) is 4.79 Å². The van der Waals surface area contributed by atoms with Crippen LogP contribution < -0.4 is 5.32 Å². The quantitative estimate of drug-likeness (QED) is 0.637. The number of amides is 2. The highest BCUT2D eigenvalue weighted by Gasteiger charge is 2.42. The van der Waals surface area contributed by atoms with Gasteiger partial charge < -0.3 is 10.2 Å². The van der Waals surface area contributed by atoms with E-state index in [-0.39, 0.29) is 17.7 Å². The number of likely N-dealkylation sites (tertiary alicyclic amines) is 1. The number of fused-ring (bicyclic) bond motifs is 1. The summed E-state index contributed by atoms with van der Waals surface area (Å²) in [7, 11) is 1.59. The predicted octanol–water partition coefficient (Wildman–Crippen LogP) is 0.591. The van der Waals surface area contributed by atoms with Crippen molar-refractivity contribution in [3.8, 4) is 0 Å². The van der Waals surface area contributed by atoms with Crippen LogP contribution in [0.3, 0.4) is 0 Å². The molecule has 2 atom stereocenters. The van der Waals surface area contributed by atoms with Crippen LogP contribution in [0.1, 0.15) is 28.1 Å². The number of carbonyl (C=O) groups excluding carboxylic acids is 2. The van der Waals surface area contributed by atoms with Crippen molar-refractivity contribution < 1.29 is 9.59 Å². The highest BCUT2D eigenvalue weighted by molar-refractivity contribution is 6.05. The van der Waals surface area contributed by atoms with Gasteiger partial charge in [0.1, 0.15) is 5.82 Å². The Morgan fingerprint density at radius 1 is 1.19 bits per heavy atom. The Morgan fingerprint density at radius 2 is 2.00 bits per heavy atom. The largest absolute Gasteiger partial charge is 0.359 e. The van der Waals surface area contributed by atoms with Crippen LogP contribution in [0.15, 0.2) is 24.3 Å². The van der Waals surface area contributed by atoms with Gasteiger partial charge in [0, 0.05) is 25.5 Å². The Bertz CT molecular complexity index is 976. The molecule has 4 rings (SSSR count). The number of para-hydroxylation sites is 1. The first-order chi connectivity index (χ1) is 12.6. The van der Waals surface area contributed by atoms with E-state index in [1.807, 2.05) is 24.3 Å². The van der Waals surface area contributed by atoms with Crippen LogP contribution in [0.5, 0.6) is 0 Å². The van der Waals surface area contributed by atoms with Gasteiger partial charge in [-0.3, -0.25) is 19.8 Å².